The molecule has 0 saturated carbocycles. The second-order valence-corrected chi connectivity index (χ2v) is 8.31. The Hall–Kier alpha value is -4.20. The zero-order chi connectivity index (χ0) is 22.9. The molecule has 8 nitrogen and oxygen atoms in total. The van der Waals surface area contributed by atoms with Crippen LogP contribution in [0.3, 0.4) is 0 Å². The number of hydrogen-bond donors (Lipinski definition) is 0. The molecule has 0 spiro atoms. The van der Waals surface area contributed by atoms with Crippen LogP contribution in [0.25, 0.3) is 22.3 Å². The monoisotopic (exact) mass is 453 g/mol. The van der Waals surface area contributed by atoms with Crippen molar-refractivity contribution in [3.63, 3.8) is 0 Å². The molecule has 0 unspecified atom stereocenters. The van der Waals surface area contributed by atoms with Gasteiger partial charge in [0.05, 0.1) is 5.52 Å². The molecule has 34 heavy (non-hydrogen) atoms. The van der Waals surface area contributed by atoms with E-state index in [-0.39, 0.29) is 12.5 Å². The molecule has 0 radical (unpaired) electrons. The highest BCUT2D eigenvalue weighted by molar-refractivity contribution is 5.91. The summed E-state index contributed by atoms with van der Waals surface area (Å²) in [5.74, 6) is 2.77. The van der Waals surface area contributed by atoms with Crippen LogP contribution in [0.4, 0.5) is 5.82 Å². The molecule has 1 atom stereocenters. The molecule has 2 aliphatic rings. The molecule has 4 heterocycles. The number of fused-ring (bicyclic) bond motifs is 2. The Kier molecular flexibility index (Phi) is 5.18. The molecular formula is C26H23N5O3. The lowest BCUT2D eigenvalue weighted by molar-refractivity contribution is -0.141. The summed E-state index contributed by atoms with van der Waals surface area (Å²) in [7, 11) is 0. The Balaban J connectivity index is 1.21. The number of rotatable bonds is 3. The fourth-order valence-electron chi connectivity index (χ4n) is 4.41. The lowest BCUT2D eigenvalue weighted by atomic mass is 10.1. The van der Waals surface area contributed by atoms with E-state index in [4.69, 9.17) is 19.4 Å². The normalized spacial score (nSPS) is 17.6. The summed E-state index contributed by atoms with van der Waals surface area (Å²) in [5, 5.41) is 0.996. The molecule has 1 amide bonds. The van der Waals surface area contributed by atoms with Crippen molar-refractivity contribution in [1.29, 1.82) is 0 Å². The number of carbonyl (C=O) groups is 1. The predicted octanol–water partition coefficient (Wildman–Crippen LogP) is 3.18. The van der Waals surface area contributed by atoms with Gasteiger partial charge in [-0.1, -0.05) is 24.3 Å². The summed E-state index contributed by atoms with van der Waals surface area (Å²) in [6, 6.07) is 19.3. The maximum Gasteiger partial charge on any atom is 0.267 e. The van der Waals surface area contributed by atoms with Crippen LogP contribution in [0.15, 0.2) is 73.1 Å². The number of ether oxygens (including phenoxy) is 2. The molecule has 1 saturated heterocycles. The van der Waals surface area contributed by atoms with Crippen LogP contribution in [-0.4, -0.2) is 64.6 Å². The largest absolute Gasteiger partial charge is 0.485 e. The van der Waals surface area contributed by atoms with Crippen LogP contribution in [0.1, 0.15) is 0 Å². The van der Waals surface area contributed by atoms with Crippen molar-refractivity contribution in [2.75, 3.05) is 37.7 Å². The van der Waals surface area contributed by atoms with Gasteiger partial charge in [-0.15, -0.1) is 0 Å². The number of para-hydroxylation sites is 3. The maximum absolute atomic E-state index is 13.1. The molecule has 0 bridgehead atoms. The van der Waals surface area contributed by atoms with Gasteiger partial charge in [-0.25, -0.2) is 9.97 Å². The molecule has 0 N–H and O–H groups in total. The second kappa shape index (κ2) is 8.62. The Morgan fingerprint density at radius 2 is 1.68 bits per heavy atom. The van der Waals surface area contributed by atoms with Crippen molar-refractivity contribution >= 4 is 22.6 Å². The fourth-order valence-corrected chi connectivity index (χ4v) is 4.41. The van der Waals surface area contributed by atoms with Crippen LogP contribution < -0.4 is 14.4 Å². The molecule has 0 aliphatic carbocycles. The highest BCUT2D eigenvalue weighted by Crippen LogP contribution is 2.32. The van der Waals surface area contributed by atoms with Gasteiger partial charge in [0.25, 0.3) is 5.91 Å². The second-order valence-electron chi connectivity index (χ2n) is 8.31. The average molecular weight is 454 g/mol. The van der Waals surface area contributed by atoms with E-state index in [1.54, 1.807) is 12.4 Å². The summed E-state index contributed by atoms with van der Waals surface area (Å²) in [4.78, 5) is 31.1. The van der Waals surface area contributed by atoms with Crippen LogP contribution >= 0.6 is 0 Å². The SMILES string of the molecule is O=C([C@@H]1COc2ccccc2O1)N1CCN(c2nc(-c3cccnc3)nc3ccccc23)CC1. The van der Waals surface area contributed by atoms with Gasteiger partial charge >= 0.3 is 0 Å². The first kappa shape index (κ1) is 20.4. The molecular weight excluding hydrogens is 430 g/mol. The minimum Gasteiger partial charge on any atom is -0.485 e. The third-order valence-corrected chi connectivity index (χ3v) is 6.18. The summed E-state index contributed by atoms with van der Waals surface area (Å²) in [6.45, 7) is 2.73. The molecule has 2 aromatic carbocycles. The van der Waals surface area contributed by atoms with E-state index in [0.717, 1.165) is 22.3 Å². The fraction of sp³-hybridized carbons (Fsp3) is 0.231. The lowest BCUT2D eigenvalue weighted by Crippen LogP contribution is -2.54. The molecule has 1 fully saturated rings. The van der Waals surface area contributed by atoms with Gasteiger partial charge in [0.1, 0.15) is 12.4 Å². The van der Waals surface area contributed by atoms with Crippen LogP contribution in [0, 0.1) is 0 Å². The predicted molar refractivity (Wildman–Crippen MR) is 128 cm³/mol. The minimum atomic E-state index is -0.626. The van der Waals surface area contributed by atoms with Crippen LogP contribution in [0.5, 0.6) is 11.5 Å². The first-order valence-corrected chi connectivity index (χ1v) is 11.4. The van der Waals surface area contributed by atoms with Crippen molar-refractivity contribution in [2.45, 2.75) is 6.10 Å². The third-order valence-electron chi connectivity index (χ3n) is 6.18. The molecule has 4 aromatic rings. The van der Waals surface area contributed by atoms with Crippen molar-refractivity contribution in [3.05, 3.63) is 73.1 Å². The molecule has 2 aromatic heterocycles. The van der Waals surface area contributed by atoms with Gasteiger partial charge < -0.3 is 19.3 Å². The van der Waals surface area contributed by atoms with Crippen molar-refractivity contribution in [1.82, 2.24) is 19.9 Å². The van der Waals surface area contributed by atoms with Gasteiger partial charge in [0.2, 0.25) is 6.10 Å². The van der Waals surface area contributed by atoms with Gasteiger partial charge in [0, 0.05) is 49.5 Å². The summed E-state index contributed by atoms with van der Waals surface area (Å²) in [5.41, 5.74) is 1.76. The number of nitrogens with zero attached hydrogens (tertiary/aromatic N) is 5. The topological polar surface area (TPSA) is 80.7 Å². The number of aromatic nitrogens is 3. The summed E-state index contributed by atoms with van der Waals surface area (Å²) >= 11 is 0. The molecule has 2 aliphatic heterocycles. The van der Waals surface area contributed by atoms with E-state index in [1.807, 2.05) is 65.6 Å². The standard InChI is InChI=1S/C26H23N5O3/c32-26(23-17-33-21-9-3-4-10-22(21)34-23)31-14-12-30(13-15-31)25-19-7-1-2-8-20(19)28-24(29-25)18-6-5-11-27-16-18/h1-11,16,23H,12-15,17H2/t23-/m0/s1. The Morgan fingerprint density at radius 3 is 2.50 bits per heavy atom. The maximum atomic E-state index is 13.1. The number of carbonyl (C=O) groups excluding carboxylic acids is 1. The highest BCUT2D eigenvalue weighted by atomic mass is 16.6. The van der Waals surface area contributed by atoms with E-state index in [9.17, 15) is 4.79 Å². The zero-order valence-electron chi connectivity index (χ0n) is 18.5. The first-order valence-electron chi connectivity index (χ1n) is 11.4. The molecule has 170 valence electrons. The van der Waals surface area contributed by atoms with E-state index < -0.39 is 6.10 Å². The Bertz CT molecular complexity index is 1340. The Morgan fingerprint density at radius 1 is 0.882 bits per heavy atom. The number of piperazine rings is 1. The van der Waals surface area contributed by atoms with Gasteiger partial charge in [-0.3, -0.25) is 9.78 Å². The quantitative estimate of drug-likeness (QED) is 0.471. The first-order chi connectivity index (χ1) is 16.8. The number of benzene rings is 2. The Labute approximate surface area is 196 Å². The lowest BCUT2D eigenvalue weighted by Gasteiger charge is -2.38. The van der Waals surface area contributed by atoms with Crippen molar-refractivity contribution in [2.24, 2.45) is 0 Å². The highest BCUT2D eigenvalue weighted by Gasteiger charge is 2.33. The van der Waals surface area contributed by atoms with E-state index in [1.165, 1.54) is 0 Å². The zero-order valence-corrected chi connectivity index (χ0v) is 18.5. The minimum absolute atomic E-state index is 0.0438. The smallest absolute Gasteiger partial charge is 0.267 e. The van der Waals surface area contributed by atoms with E-state index in [2.05, 4.69) is 9.88 Å². The van der Waals surface area contributed by atoms with Crippen LogP contribution in [-0.2, 0) is 4.79 Å². The summed E-state index contributed by atoms with van der Waals surface area (Å²) < 4.78 is 11.7. The van der Waals surface area contributed by atoms with Crippen molar-refractivity contribution in [3.8, 4) is 22.9 Å². The van der Waals surface area contributed by atoms with E-state index in [0.29, 0.717) is 43.5 Å². The number of anilines is 1. The van der Waals surface area contributed by atoms with Crippen LogP contribution in [0.2, 0.25) is 0 Å². The molecule has 8 heteroatoms. The van der Waals surface area contributed by atoms with E-state index >= 15 is 0 Å². The van der Waals surface area contributed by atoms with Crippen molar-refractivity contribution < 1.29 is 14.3 Å². The van der Waals surface area contributed by atoms with Gasteiger partial charge in [-0.05, 0) is 36.4 Å². The number of amides is 1. The third kappa shape index (κ3) is 3.77. The van der Waals surface area contributed by atoms with Gasteiger partial charge in [-0.2, -0.15) is 0 Å². The molecule has 6 rings (SSSR count). The number of hydrogen-bond acceptors (Lipinski definition) is 7. The van der Waals surface area contributed by atoms with Gasteiger partial charge in [0.15, 0.2) is 17.3 Å². The number of pyridine rings is 1. The summed E-state index contributed by atoms with van der Waals surface area (Å²) in [6.07, 6.45) is 2.88. The average Bonchev–Trinajstić information content (AvgIpc) is 2.92.